The van der Waals surface area contributed by atoms with Gasteiger partial charge in [0.1, 0.15) is 5.41 Å². The number of hydrogen-bond donors (Lipinski definition) is 3. The number of nitrogens with two attached hydrogens (primary N) is 1. The van der Waals surface area contributed by atoms with Crippen LogP contribution >= 0.6 is 0 Å². The van der Waals surface area contributed by atoms with Gasteiger partial charge in [-0.1, -0.05) is 47.0 Å². The van der Waals surface area contributed by atoms with Gasteiger partial charge >= 0.3 is 0 Å². The van der Waals surface area contributed by atoms with Gasteiger partial charge < -0.3 is 20.8 Å². The van der Waals surface area contributed by atoms with Crippen LogP contribution in [-0.4, -0.2) is 50.2 Å². The van der Waals surface area contributed by atoms with Gasteiger partial charge in [0.25, 0.3) is 0 Å². The van der Waals surface area contributed by atoms with E-state index in [1.54, 1.807) is 4.90 Å². The summed E-state index contributed by atoms with van der Waals surface area (Å²) in [6.45, 7) is 8.12. The van der Waals surface area contributed by atoms with E-state index < -0.39 is 34.6 Å². The number of hydrogen-bond acceptors (Lipinski definition) is 4. The van der Waals surface area contributed by atoms with E-state index in [1.165, 1.54) is 0 Å². The lowest BCUT2D eigenvalue weighted by Crippen LogP contribution is -2.72. The van der Waals surface area contributed by atoms with Crippen molar-refractivity contribution in [3.05, 3.63) is 0 Å². The van der Waals surface area contributed by atoms with Crippen molar-refractivity contribution < 1.29 is 19.8 Å². The van der Waals surface area contributed by atoms with E-state index in [1.807, 2.05) is 27.7 Å². The molecule has 30 heavy (non-hydrogen) atoms. The monoisotopic (exact) mass is 422 g/mol. The number of carbonyl (C=O) groups is 2. The van der Waals surface area contributed by atoms with E-state index >= 15 is 0 Å². The molecule has 0 radical (unpaired) electrons. The Morgan fingerprint density at radius 3 is 1.40 bits per heavy atom. The van der Waals surface area contributed by atoms with E-state index in [4.69, 9.17) is 5.73 Å². The van der Waals surface area contributed by atoms with Crippen LogP contribution in [-0.2, 0) is 9.59 Å². The molecule has 4 N–H and O–H groups in total. The fourth-order valence-corrected chi connectivity index (χ4v) is 6.46. The van der Waals surface area contributed by atoms with Crippen LogP contribution in [0.5, 0.6) is 0 Å². The Labute approximate surface area is 181 Å². The Hall–Kier alpha value is -1.14. The second-order valence-electron chi connectivity index (χ2n) is 11.0. The van der Waals surface area contributed by atoms with Crippen molar-refractivity contribution >= 4 is 11.8 Å². The highest BCUT2D eigenvalue weighted by atomic mass is 16.3. The number of primary amides is 1. The van der Waals surface area contributed by atoms with Crippen LogP contribution in [0.3, 0.4) is 0 Å². The molecule has 3 rings (SSSR count). The molecule has 3 aliphatic carbocycles. The van der Waals surface area contributed by atoms with Gasteiger partial charge in [-0.3, -0.25) is 9.59 Å². The summed E-state index contributed by atoms with van der Waals surface area (Å²) >= 11 is 0. The lowest BCUT2D eigenvalue weighted by Gasteiger charge is -2.59. The first-order chi connectivity index (χ1) is 14.0. The highest BCUT2D eigenvalue weighted by Crippen LogP contribution is 2.49. The first kappa shape index (κ1) is 23.5. The molecule has 3 saturated carbocycles. The molecule has 3 aliphatic rings. The van der Waals surface area contributed by atoms with Gasteiger partial charge in [-0.15, -0.1) is 0 Å². The Bertz CT molecular complexity index is 614. The maximum absolute atomic E-state index is 14.3. The second-order valence-corrected chi connectivity index (χ2v) is 11.0. The molecule has 0 spiro atoms. The minimum absolute atomic E-state index is 0.00214. The predicted molar refractivity (Wildman–Crippen MR) is 116 cm³/mol. The molecule has 0 unspecified atom stereocenters. The summed E-state index contributed by atoms with van der Waals surface area (Å²) in [7, 11) is 0. The highest BCUT2D eigenvalue weighted by molar-refractivity contribution is 6.04. The minimum Gasteiger partial charge on any atom is -0.388 e. The van der Waals surface area contributed by atoms with E-state index in [2.05, 4.69) is 0 Å². The Morgan fingerprint density at radius 2 is 1.13 bits per heavy atom. The third-order valence-electron chi connectivity index (χ3n) is 8.22. The zero-order chi connectivity index (χ0) is 22.3. The van der Waals surface area contributed by atoms with Crippen molar-refractivity contribution in [3.8, 4) is 0 Å². The minimum atomic E-state index is -1.22. The van der Waals surface area contributed by atoms with Crippen molar-refractivity contribution in [2.45, 2.75) is 122 Å². The van der Waals surface area contributed by atoms with Gasteiger partial charge in [-0.25, -0.2) is 0 Å². The van der Waals surface area contributed by atoms with Crippen LogP contribution in [0.4, 0.5) is 0 Å². The van der Waals surface area contributed by atoms with Crippen LogP contribution in [0.25, 0.3) is 0 Å². The number of carbonyl (C=O) groups excluding carboxylic acids is 2. The number of rotatable bonds is 8. The molecule has 0 aromatic rings. The quantitative estimate of drug-likeness (QED) is 0.523. The van der Waals surface area contributed by atoms with Gasteiger partial charge in [0, 0.05) is 0 Å². The van der Waals surface area contributed by atoms with Crippen molar-refractivity contribution in [3.63, 3.8) is 0 Å². The largest absolute Gasteiger partial charge is 0.388 e. The maximum Gasteiger partial charge on any atom is 0.238 e. The Kier molecular flexibility index (Phi) is 6.60. The molecule has 0 heterocycles. The van der Waals surface area contributed by atoms with Gasteiger partial charge in [0.05, 0.1) is 23.3 Å². The molecule has 3 fully saturated rings. The normalized spacial score (nSPS) is 26.4. The lowest BCUT2D eigenvalue weighted by atomic mass is 9.64. The molecule has 6 nitrogen and oxygen atoms in total. The topological polar surface area (TPSA) is 104 Å². The zero-order valence-corrected chi connectivity index (χ0v) is 19.3. The molecule has 172 valence electrons. The molecule has 6 heteroatoms. The summed E-state index contributed by atoms with van der Waals surface area (Å²) in [5, 5.41) is 23.0. The van der Waals surface area contributed by atoms with Crippen molar-refractivity contribution in [2.75, 3.05) is 0 Å². The summed E-state index contributed by atoms with van der Waals surface area (Å²) in [5.41, 5.74) is 2.73. The highest BCUT2D eigenvalue weighted by Gasteiger charge is 2.59. The first-order valence-electron chi connectivity index (χ1n) is 12.1. The fourth-order valence-electron chi connectivity index (χ4n) is 6.46. The Morgan fingerprint density at radius 1 is 0.733 bits per heavy atom. The van der Waals surface area contributed by atoms with Crippen molar-refractivity contribution in [2.24, 2.45) is 23.0 Å². The molecule has 0 aromatic heterocycles. The van der Waals surface area contributed by atoms with Crippen LogP contribution in [0.1, 0.15) is 98.3 Å². The smallest absolute Gasteiger partial charge is 0.238 e. The summed E-state index contributed by atoms with van der Waals surface area (Å²) in [6.07, 6.45) is 7.97. The summed E-state index contributed by atoms with van der Waals surface area (Å²) in [6, 6.07) is -0.872. The van der Waals surface area contributed by atoms with Crippen LogP contribution in [0, 0.1) is 17.3 Å². The van der Waals surface area contributed by atoms with E-state index in [-0.39, 0.29) is 17.7 Å². The zero-order valence-electron chi connectivity index (χ0n) is 19.3. The van der Waals surface area contributed by atoms with E-state index in [0.29, 0.717) is 38.5 Å². The number of nitrogens with zero attached hydrogens (tertiary/aromatic N) is 1. The molecule has 2 amide bonds. The van der Waals surface area contributed by atoms with Gasteiger partial charge in [0.15, 0.2) is 0 Å². The number of amides is 2. The van der Waals surface area contributed by atoms with E-state index in [9.17, 15) is 19.8 Å². The van der Waals surface area contributed by atoms with Gasteiger partial charge in [-0.2, -0.15) is 0 Å². The third kappa shape index (κ3) is 3.79. The average molecular weight is 423 g/mol. The molecular formula is C24H42N2O4. The molecule has 2 atom stereocenters. The van der Waals surface area contributed by atoms with Crippen LogP contribution in [0.15, 0.2) is 0 Å². The SMILES string of the molecule is CC(C)[C@@H](N(C(=O)C1(C(N)=O)CCCCC1)[C@H](C(C)C)C1(O)CCC1)C1(O)CCC1. The Balaban J connectivity index is 2.13. The second kappa shape index (κ2) is 8.42. The average Bonchev–Trinajstić information content (AvgIpc) is 2.63. The summed E-state index contributed by atoms with van der Waals surface area (Å²) in [5.74, 6) is -0.813. The summed E-state index contributed by atoms with van der Waals surface area (Å²) in [4.78, 5) is 28.8. The van der Waals surface area contributed by atoms with Crippen molar-refractivity contribution in [1.29, 1.82) is 0 Å². The summed E-state index contributed by atoms with van der Waals surface area (Å²) < 4.78 is 0. The maximum atomic E-state index is 14.3. The standard InChI is InChI=1S/C24H42N2O4/c1-16(2)18(23(29)12-8-13-23)26(19(17(3)4)24(30)14-9-15-24)21(28)22(20(25)27)10-6-5-7-11-22/h16-19,29-30H,5-15H2,1-4H3,(H2,25,27)/t18-,19-/m1/s1. The van der Waals surface area contributed by atoms with Crippen LogP contribution in [0.2, 0.25) is 0 Å². The molecule has 0 aromatic carbocycles. The lowest BCUT2D eigenvalue weighted by molar-refractivity contribution is -0.197. The molecule has 0 bridgehead atoms. The van der Waals surface area contributed by atoms with E-state index in [0.717, 1.165) is 32.1 Å². The van der Waals surface area contributed by atoms with Crippen LogP contribution < -0.4 is 5.73 Å². The molecule has 0 aliphatic heterocycles. The predicted octanol–water partition coefficient (Wildman–Crippen LogP) is 3.13. The van der Waals surface area contributed by atoms with Gasteiger partial charge in [-0.05, 0) is 63.2 Å². The van der Waals surface area contributed by atoms with Crippen molar-refractivity contribution in [1.82, 2.24) is 4.90 Å². The fraction of sp³-hybridized carbons (Fsp3) is 0.917. The molecule has 0 saturated heterocycles. The first-order valence-corrected chi connectivity index (χ1v) is 12.1. The third-order valence-corrected chi connectivity index (χ3v) is 8.22. The molecular weight excluding hydrogens is 380 g/mol. The number of aliphatic hydroxyl groups is 2. The van der Waals surface area contributed by atoms with Gasteiger partial charge in [0.2, 0.25) is 11.8 Å².